The van der Waals surface area contributed by atoms with Gasteiger partial charge in [-0.2, -0.15) is 5.26 Å². The Balaban J connectivity index is 2.27. The Morgan fingerprint density at radius 3 is 2.09 bits per heavy atom. The van der Waals surface area contributed by atoms with Crippen LogP contribution in [0.4, 0.5) is 5.82 Å². The Bertz CT molecular complexity index is 852. The van der Waals surface area contributed by atoms with Crippen LogP contribution in [-0.4, -0.2) is 9.97 Å². The van der Waals surface area contributed by atoms with Crippen molar-refractivity contribution in [2.24, 2.45) is 0 Å². The van der Waals surface area contributed by atoms with Gasteiger partial charge in [0.05, 0.1) is 11.4 Å². The van der Waals surface area contributed by atoms with Crippen LogP contribution in [0.1, 0.15) is 5.69 Å². The molecule has 2 N–H and O–H groups in total. The second-order valence-corrected chi connectivity index (χ2v) is 5.08. The van der Waals surface area contributed by atoms with Gasteiger partial charge >= 0.3 is 0 Å². The molecule has 5 heteroatoms. The number of nitrogens with two attached hydrogens (primary N) is 1. The number of halogens is 1. The first kappa shape index (κ1) is 14.1. The zero-order chi connectivity index (χ0) is 15.5. The fourth-order valence-corrected chi connectivity index (χ4v) is 2.26. The first-order valence-corrected chi connectivity index (χ1v) is 6.96. The number of hydrogen-bond acceptors (Lipinski definition) is 4. The topological polar surface area (TPSA) is 75.6 Å². The molecule has 1 aromatic heterocycles. The maximum Gasteiger partial charge on any atom is 0.183 e. The number of anilines is 1. The molecule has 2 aromatic carbocycles. The minimum Gasteiger partial charge on any atom is -0.381 e. The Morgan fingerprint density at radius 1 is 0.864 bits per heavy atom. The summed E-state index contributed by atoms with van der Waals surface area (Å²) in [7, 11) is 0. The Labute approximate surface area is 132 Å². The lowest BCUT2D eigenvalue weighted by atomic mass is 10.0. The van der Waals surface area contributed by atoms with E-state index in [1.54, 1.807) is 12.1 Å². The highest BCUT2D eigenvalue weighted by molar-refractivity contribution is 6.30. The number of nitrogens with zero attached hydrogens (tertiary/aromatic N) is 3. The number of hydrogen-bond donors (Lipinski definition) is 1. The minimum absolute atomic E-state index is 0.118. The number of nitrogen functional groups attached to an aromatic ring is 1. The van der Waals surface area contributed by atoms with E-state index >= 15 is 0 Å². The van der Waals surface area contributed by atoms with Crippen LogP contribution in [0.15, 0.2) is 54.6 Å². The van der Waals surface area contributed by atoms with Crippen molar-refractivity contribution in [2.75, 3.05) is 5.73 Å². The Hall–Kier alpha value is -2.90. The SMILES string of the molecule is N#Cc1nc(-c2ccccc2)c(-c2ccc(Cl)cc2)nc1N. The fraction of sp³-hybridized carbons (Fsp3) is 0. The first-order valence-electron chi connectivity index (χ1n) is 6.58. The van der Waals surface area contributed by atoms with Gasteiger partial charge in [0, 0.05) is 16.1 Å². The summed E-state index contributed by atoms with van der Waals surface area (Å²) in [4.78, 5) is 8.75. The van der Waals surface area contributed by atoms with Crippen LogP contribution >= 0.6 is 11.6 Å². The monoisotopic (exact) mass is 306 g/mol. The summed E-state index contributed by atoms with van der Waals surface area (Å²) in [6.07, 6.45) is 0. The van der Waals surface area contributed by atoms with Gasteiger partial charge in [0.15, 0.2) is 11.5 Å². The summed E-state index contributed by atoms with van der Waals surface area (Å²) in [5.74, 6) is 0.118. The average Bonchev–Trinajstić information content (AvgIpc) is 2.56. The van der Waals surface area contributed by atoms with Gasteiger partial charge in [-0.15, -0.1) is 0 Å². The van der Waals surface area contributed by atoms with Gasteiger partial charge in [-0.05, 0) is 12.1 Å². The van der Waals surface area contributed by atoms with Crippen LogP contribution < -0.4 is 5.73 Å². The van der Waals surface area contributed by atoms with Crippen molar-refractivity contribution in [1.82, 2.24) is 9.97 Å². The van der Waals surface area contributed by atoms with Crippen LogP contribution in [0, 0.1) is 11.3 Å². The molecule has 0 aliphatic rings. The third-order valence-corrected chi connectivity index (χ3v) is 3.45. The number of rotatable bonds is 2. The zero-order valence-corrected chi connectivity index (χ0v) is 12.2. The highest BCUT2D eigenvalue weighted by atomic mass is 35.5. The molecule has 1 heterocycles. The lowest BCUT2D eigenvalue weighted by Gasteiger charge is -2.10. The van der Waals surface area contributed by atoms with Gasteiger partial charge in [0.2, 0.25) is 0 Å². The summed E-state index contributed by atoms with van der Waals surface area (Å²) in [6, 6.07) is 18.8. The normalized spacial score (nSPS) is 10.2. The lowest BCUT2D eigenvalue weighted by molar-refractivity contribution is 1.18. The molecular formula is C17H11ClN4. The Kier molecular flexibility index (Phi) is 3.73. The largest absolute Gasteiger partial charge is 0.381 e. The van der Waals surface area contributed by atoms with E-state index in [9.17, 15) is 0 Å². The van der Waals surface area contributed by atoms with Crippen molar-refractivity contribution < 1.29 is 0 Å². The highest BCUT2D eigenvalue weighted by Gasteiger charge is 2.15. The molecular weight excluding hydrogens is 296 g/mol. The van der Waals surface area contributed by atoms with Gasteiger partial charge < -0.3 is 5.73 Å². The van der Waals surface area contributed by atoms with E-state index in [2.05, 4.69) is 9.97 Å². The first-order chi connectivity index (χ1) is 10.7. The highest BCUT2D eigenvalue weighted by Crippen LogP contribution is 2.31. The predicted octanol–water partition coefficient (Wildman–Crippen LogP) is 3.92. The Morgan fingerprint density at radius 2 is 1.45 bits per heavy atom. The van der Waals surface area contributed by atoms with Crippen molar-refractivity contribution in [1.29, 1.82) is 5.26 Å². The van der Waals surface area contributed by atoms with Gasteiger partial charge in [-0.25, -0.2) is 9.97 Å². The fourth-order valence-electron chi connectivity index (χ4n) is 2.14. The van der Waals surface area contributed by atoms with Crippen molar-refractivity contribution in [2.45, 2.75) is 0 Å². The molecule has 3 rings (SSSR count). The molecule has 4 nitrogen and oxygen atoms in total. The van der Waals surface area contributed by atoms with E-state index < -0.39 is 0 Å². The van der Waals surface area contributed by atoms with Crippen molar-refractivity contribution >= 4 is 17.4 Å². The maximum absolute atomic E-state index is 9.14. The molecule has 3 aromatic rings. The second kappa shape index (κ2) is 5.84. The summed E-state index contributed by atoms with van der Waals surface area (Å²) in [5, 5.41) is 9.78. The van der Waals surface area contributed by atoms with Crippen molar-refractivity contribution in [3.63, 3.8) is 0 Å². The number of nitriles is 1. The second-order valence-electron chi connectivity index (χ2n) is 4.64. The van der Waals surface area contributed by atoms with Gasteiger partial charge in [-0.1, -0.05) is 54.1 Å². The van der Waals surface area contributed by atoms with Crippen LogP contribution in [0.3, 0.4) is 0 Å². The molecule has 0 bridgehead atoms. The van der Waals surface area contributed by atoms with E-state index in [1.165, 1.54) is 0 Å². The van der Waals surface area contributed by atoms with E-state index in [0.29, 0.717) is 16.4 Å². The molecule has 0 atom stereocenters. The smallest absolute Gasteiger partial charge is 0.183 e. The molecule has 0 fully saturated rings. The molecule has 22 heavy (non-hydrogen) atoms. The summed E-state index contributed by atoms with van der Waals surface area (Å²) < 4.78 is 0. The quantitative estimate of drug-likeness (QED) is 0.778. The molecule has 0 amide bonds. The molecule has 0 saturated carbocycles. The average molecular weight is 307 g/mol. The molecule has 0 radical (unpaired) electrons. The van der Waals surface area contributed by atoms with Crippen LogP contribution in [0.5, 0.6) is 0 Å². The molecule has 0 saturated heterocycles. The summed E-state index contributed by atoms with van der Waals surface area (Å²) >= 11 is 5.93. The van der Waals surface area contributed by atoms with Crippen LogP contribution in [-0.2, 0) is 0 Å². The van der Waals surface area contributed by atoms with Gasteiger partial charge in [0.1, 0.15) is 6.07 Å². The predicted molar refractivity (Wildman–Crippen MR) is 87.0 cm³/mol. The van der Waals surface area contributed by atoms with Gasteiger partial charge in [0.25, 0.3) is 0 Å². The van der Waals surface area contributed by atoms with E-state index in [4.69, 9.17) is 22.6 Å². The summed E-state index contributed by atoms with van der Waals surface area (Å²) in [6.45, 7) is 0. The van der Waals surface area contributed by atoms with Crippen LogP contribution in [0.2, 0.25) is 5.02 Å². The minimum atomic E-state index is 0.118. The van der Waals surface area contributed by atoms with Gasteiger partial charge in [-0.3, -0.25) is 0 Å². The van der Waals surface area contributed by atoms with Crippen molar-refractivity contribution in [3.05, 3.63) is 65.3 Å². The van der Waals surface area contributed by atoms with E-state index in [0.717, 1.165) is 11.1 Å². The number of aromatic nitrogens is 2. The molecule has 106 valence electrons. The summed E-state index contributed by atoms with van der Waals surface area (Å²) in [5.41, 5.74) is 8.90. The number of benzene rings is 2. The molecule has 0 aliphatic carbocycles. The molecule has 0 aliphatic heterocycles. The van der Waals surface area contributed by atoms with Crippen LogP contribution in [0.25, 0.3) is 22.5 Å². The maximum atomic E-state index is 9.14. The van der Waals surface area contributed by atoms with Crippen molar-refractivity contribution in [3.8, 4) is 28.6 Å². The third-order valence-electron chi connectivity index (χ3n) is 3.19. The molecule has 0 spiro atoms. The lowest BCUT2D eigenvalue weighted by Crippen LogP contribution is -2.03. The zero-order valence-electron chi connectivity index (χ0n) is 11.5. The standard InChI is InChI=1S/C17H11ClN4/c18-13-8-6-12(7-9-13)16-15(11-4-2-1-3-5-11)21-14(10-19)17(20)22-16/h1-9H,(H2,20,22). The van der Waals surface area contributed by atoms with E-state index in [-0.39, 0.29) is 11.5 Å². The third kappa shape index (κ3) is 2.62. The molecule has 0 unspecified atom stereocenters. The van der Waals surface area contributed by atoms with E-state index in [1.807, 2.05) is 48.5 Å².